The molecule has 0 aliphatic rings. The Labute approximate surface area is 101 Å². The van der Waals surface area contributed by atoms with Crippen LogP contribution in [0.5, 0.6) is 0 Å². The van der Waals surface area contributed by atoms with Crippen LogP contribution in [0.1, 0.15) is 30.2 Å². The summed E-state index contributed by atoms with van der Waals surface area (Å²) in [5.74, 6) is 0. The van der Waals surface area contributed by atoms with Crippen molar-refractivity contribution in [2.24, 2.45) is 7.05 Å². The molecule has 0 aliphatic carbocycles. The molecule has 1 heterocycles. The standard InChI is InChI=1S/C13H17N3O/c1-16-14-10-12(15-16)13(17)9-5-8-11-6-3-2-4-7-11/h2-4,6-7,10,13,17H,5,8-9H2,1H3. The van der Waals surface area contributed by atoms with Crippen LogP contribution in [-0.2, 0) is 13.5 Å². The van der Waals surface area contributed by atoms with E-state index in [1.807, 2.05) is 18.2 Å². The number of benzene rings is 1. The maximum Gasteiger partial charge on any atom is 0.111 e. The molecular weight excluding hydrogens is 214 g/mol. The van der Waals surface area contributed by atoms with E-state index in [0.717, 1.165) is 12.8 Å². The van der Waals surface area contributed by atoms with Gasteiger partial charge in [-0.15, -0.1) is 0 Å². The van der Waals surface area contributed by atoms with E-state index in [2.05, 4.69) is 22.3 Å². The summed E-state index contributed by atoms with van der Waals surface area (Å²) in [5, 5.41) is 17.9. The molecule has 0 saturated carbocycles. The quantitative estimate of drug-likeness (QED) is 0.854. The van der Waals surface area contributed by atoms with E-state index >= 15 is 0 Å². The highest BCUT2D eigenvalue weighted by molar-refractivity contribution is 5.14. The van der Waals surface area contributed by atoms with Crippen molar-refractivity contribution in [2.75, 3.05) is 0 Å². The number of rotatable bonds is 5. The van der Waals surface area contributed by atoms with E-state index in [1.54, 1.807) is 13.2 Å². The van der Waals surface area contributed by atoms with Crippen molar-refractivity contribution in [3.05, 3.63) is 47.8 Å². The molecule has 17 heavy (non-hydrogen) atoms. The van der Waals surface area contributed by atoms with Crippen molar-refractivity contribution in [3.8, 4) is 0 Å². The summed E-state index contributed by atoms with van der Waals surface area (Å²) in [6.07, 6.45) is 3.76. The number of nitrogens with zero attached hydrogens (tertiary/aromatic N) is 3. The second-order valence-corrected chi connectivity index (χ2v) is 4.15. The number of hydrogen-bond donors (Lipinski definition) is 1. The van der Waals surface area contributed by atoms with Crippen LogP contribution < -0.4 is 0 Å². The molecule has 4 nitrogen and oxygen atoms in total. The Morgan fingerprint density at radius 2 is 2.06 bits per heavy atom. The highest BCUT2D eigenvalue weighted by Crippen LogP contribution is 2.16. The maximum atomic E-state index is 9.90. The molecule has 1 unspecified atom stereocenters. The maximum absolute atomic E-state index is 9.90. The minimum absolute atomic E-state index is 0.507. The zero-order valence-electron chi connectivity index (χ0n) is 9.95. The molecule has 2 aromatic rings. The minimum Gasteiger partial charge on any atom is -0.387 e. The van der Waals surface area contributed by atoms with E-state index < -0.39 is 6.10 Å². The highest BCUT2D eigenvalue weighted by Gasteiger charge is 2.10. The van der Waals surface area contributed by atoms with Gasteiger partial charge in [0.15, 0.2) is 0 Å². The average Bonchev–Trinajstić information content (AvgIpc) is 2.77. The predicted octanol–water partition coefficient (Wildman–Crippen LogP) is 1.87. The molecule has 0 amide bonds. The van der Waals surface area contributed by atoms with Crippen molar-refractivity contribution >= 4 is 0 Å². The molecule has 1 aromatic heterocycles. The number of aromatic nitrogens is 3. The van der Waals surface area contributed by atoms with Crippen LogP contribution in [0.3, 0.4) is 0 Å². The van der Waals surface area contributed by atoms with Crippen molar-refractivity contribution in [1.82, 2.24) is 15.0 Å². The molecule has 0 bridgehead atoms. The van der Waals surface area contributed by atoms with Gasteiger partial charge in [-0.1, -0.05) is 30.3 Å². The third-order valence-electron chi connectivity index (χ3n) is 2.74. The Bertz CT molecular complexity index is 453. The first-order valence-corrected chi connectivity index (χ1v) is 5.84. The van der Waals surface area contributed by atoms with Gasteiger partial charge in [0.1, 0.15) is 5.69 Å². The summed E-state index contributed by atoms with van der Waals surface area (Å²) in [6, 6.07) is 10.3. The summed E-state index contributed by atoms with van der Waals surface area (Å²) < 4.78 is 0. The van der Waals surface area contributed by atoms with E-state index in [9.17, 15) is 5.11 Å². The summed E-state index contributed by atoms with van der Waals surface area (Å²) in [4.78, 5) is 1.47. The van der Waals surface area contributed by atoms with E-state index in [0.29, 0.717) is 12.1 Å². The summed E-state index contributed by atoms with van der Waals surface area (Å²) in [5.41, 5.74) is 1.96. The first kappa shape index (κ1) is 11.8. The van der Waals surface area contributed by atoms with Crippen LogP contribution in [0.25, 0.3) is 0 Å². The Hall–Kier alpha value is -1.68. The summed E-state index contributed by atoms with van der Waals surface area (Å²) >= 11 is 0. The first-order chi connectivity index (χ1) is 8.25. The van der Waals surface area contributed by atoms with Gasteiger partial charge in [0.2, 0.25) is 0 Å². The molecule has 1 N–H and O–H groups in total. The Balaban J connectivity index is 1.79. The molecule has 1 atom stereocenters. The van der Waals surface area contributed by atoms with Crippen LogP contribution in [0.4, 0.5) is 0 Å². The third-order valence-corrected chi connectivity index (χ3v) is 2.74. The number of aryl methyl sites for hydroxylation is 2. The normalized spacial score (nSPS) is 12.6. The largest absolute Gasteiger partial charge is 0.387 e. The minimum atomic E-state index is -0.507. The summed E-state index contributed by atoms with van der Waals surface area (Å²) in [6.45, 7) is 0. The topological polar surface area (TPSA) is 50.9 Å². The number of hydrogen-bond acceptors (Lipinski definition) is 3. The Morgan fingerprint density at radius 3 is 2.71 bits per heavy atom. The number of aliphatic hydroxyl groups excluding tert-OH is 1. The van der Waals surface area contributed by atoms with Crippen LogP contribution in [0, 0.1) is 0 Å². The highest BCUT2D eigenvalue weighted by atomic mass is 16.3. The smallest absolute Gasteiger partial charge is 0.111 e. The molecule has 2 rings (SSSR count). The zero-order valence-corrected chi connectivity index (χ0v) is 9.95. The average molecular weight is 231 g/mol. The fourth-order valence-corrected chi connectivity index (χ4v) is 1.81. The van der Waals surface area contributed by atoms with Gasteiger partial charge in [-0.25, -0.2) is 0 Å². The zero-order chi connectivity index (χ0) is 12.1. The first-order valence-electron chi connectivity index (χ1n) is 5.84. The fourth-order valence-electron chi connectivity index (χ4n) is 1.81. The number of aliphatic hydroxyl groups is 1. The molecule has 4 heteroatoms. The SMILES string of the molecule is Cn1ncc(C(O)CCCc2ccccc2)n1. The van der Waals surface area contributed by atoms with Crippen LogP contribution >= 0.6 is 0 Å². The molecule has 1 aromatic carbocycles. The van der Waals surface area contributed by atoms with Gasteiger partial charge >= 0.3 is 0 Å². The molecule has 90 valence electrons. The summed E-state index contributed by atoms with van der Waals surface area (Å²) in [7, 11) is 1.75. The van der Waals surface area contributed by atoms with Gasteiger partial charge in [0.25, 0.3) is 0 Å². The molecule has 0 saturated heterocycles. The lowest BCUT2D eigenvalue weighted by Crippen LogP contribution is -2.01. The van der Waals surface area contributed by atoms with E-state index in [-0.39, 0.29) is 0 Å². The van der Waals surface area contributed by atoms with Crippen molar-refractivity contribution in [3.63, 3.8) is 0 Å². The Morgan fingerprint density at radius 1 is 1.29 bits per heavy atom. The van der Waals surface area contributed by atoms with Crippen LogP contribution in [0.2, 0.25) is 0 Å². The van der Waals surface area contributed by atoms with Crippen molar-refractivity contribution in [1.29, 1.82) is 0 Å². The molecule has 0 aliphatic heterocycles. The lowest BCUT2D eigenvalue weighted by Gasteiger charge is -2.06. The second kappa shape index (κ2) is 5.59. The molecular formula is C13H17N3O. The molecule has 0 radical (unpaired) electrons. The van der Waals surface area contributed by atoms with Gasteiger partial charge in [-0.2, -0.15) is 15.0 Å². The van der Waals surface area contributed by atoms with E-state index in [4.69, 9.17) is 0 Å². The van der Waals surface area contributed by atoms with Crippen molar-refractivity contribution < 1.29 is 5.11 Å². The molecule has 0 spiro atoms. The lowest BCUT2D eigenvalue weighted by atomic mass is 10.1. The van der Waals surface area contributed by atoms with Crippen LogP contribution in [-0.4, -0.2) is 20.1 Å². The van der Waals surface area contributed by atoms with Gasteiger partial charge in [-0.05, 0) is 24.8 Å². The fraction of sp³-hybridized carbons (Fsp3) is 0.385. The van der Waals surface area contributed by atoms with Gasteiger partial charge in [0, 0.05) is 7.05 Å². The Kier molecular flexibility index (Phi) is 3.88. The van der Waals surface area contributed by atoms with Crippen LogP contribution in [0.15, 0.2) is 36.5 Å². The lowest BCUT2D eigenvalue weighted by molar-refractivity contribution is 0.159. The predicted molar refractivity (Wildman–Crippen MR) is 65.3 cm³/mol. The third kappa shape index (κ3) is 3.39. The second-order valence-electron chi connectivity index (χ2n) is 4.15. The van der Waals surface area contributed by atoms with E-state index in [1.165, 1.54) is 10.4 Å². The monoisotopic (exact) mass is 231 g/mol. The molecule has 0 fully saturated rings. The van der Waals surface area contributed by atoms with Gasteiger partial charge in [-0.3, -0.25) is 0 Å². The van der Waals surface area contributed by atoms with Gasteiger partial charge in [0.05, 0.1) is 12.3 Å². The van der Waals surface area contributed by atoms with Crippen molar-refractivity contribution in [2.45, 2.75) is 25.4 Å². The van der Waals surface area contributed by atoms with Gasteiger partial charge < -0.3 is 5.11 Å².